The zero-order valence-corrected chi connectivity index (χ0v) is 9.55. The minimum absolute atomic E-state index is 0.725. The summed E-state index contributed by atoms with van der Waals surface area (Å²) in [5.74, 6) is 0.197. The van der Waals surface area contributed by atoms with Gasteiger partial charge >= 0.3 is 0 Å². The second-order valence-electron chi connectivity index (χ2n) is 4.09. The molecule has 0 aromatic carbocycles. The van der Waals surface area contributed by atoms with Gasteiger partial charge in [0, 0.05) is 13.0 Å². The summed E-state index contributed by atoms with van der Waals surface area (Å²) >= 11 is 0. The maximum Gasteiger partial charge on any atom is 0.300 e. The average molecular weight is 201 g/mol. The van der Waals surface area contributed by atoms with Crippen LogP contribution < -0.4 is 5.32 Å². The maximum absolute atomic E-state index is 9.00. The molecule has 1 rings (SSSR count). The van der Waals surface area contributed by atoms with Gasteiger partial charge in [0.15, 0.2) is 0 Å². The van der Waals surface area contributed by atoms with E-state index in [1.54, 1.807) is 0 Å². The van der Waals surface area contributed by atoms with Crippen LogP contribution in [0.2, 0.25) is 0 Å². The van der Waals surface area contributed by atoms with Gasteiger partial charge in [-0.05, 0) is 26.3 Å². The lowest BCUT2D eigenvalue weighted by Gasteiger charge is -2.14. The molecule has 0 aromatic rings. The van der Waals surface area contributed by atoms with Gasteiger partial charge in [0.2, 0.25) is 0 Å². The van der Waals surface area contributed by atoms with E-state index >= 15 is 0 Å². The van der Waals surface area contributed by atoms with Crippen molar-refractivity contribution in [2.24, 2.45) is 5.92 Å². The fourth-order valence-electron chi connectivity index (χ4n) is 1.86. The summed E-state index contributed by atoms with van der Waals surface area (Å²) in [6.45, 7) is 3.36. The lowest BCUT2D eigenvalue weighted by molar-refractivity contribution is -0.134. The van der Waals surface area contributed by atoms with E-state index in [0.717, 1.165) is 18.9 Å². The molecule has 0 bridgehead atoms. The first-order valence-corrected chi connectivity index (χ1v) is 5.43. The van der Waals surface area contributed by atoms with Crippen molar-refractivity contribution in [3.63, 3.8) is 0 Å². The summed E-state index contributed by atoms with van der Waals surface area (Å²) < 4.78 is 0. The van der Waals surface area contributed by atoms with Crippen LogP contribution in [0.1, 0.15) is 46.0 Å². The molecule has 0 heterocycles. The van der Waals surface area contributed by atoms with Crippen molar-refractivity contribution in [1.29, 1.82) is 0 Å². The number of hydrogen-bond acceptors (Lipinski definition) is 2. The van der Waals surface area contributed by atoms with Crippen LogP contribution in [0.15, 0.2) is 0 Å². The van der Waals surface area contributed by atoms with Gasteiger partial charge in [0.05, 0.1) is 0 Å². The number of carboxylic acids is 1. The molecule has 0 saturated heterocycles. The second-order valence-corrected chi connectivity index (χ2v) is 4.09. The van der Waals surface area contributed by atoms with Crippen LogP contribution in [0.4, 0.5) is 0 Å². The molecule has 1 unspecified atom stereocenters. The number of hydrogen-bond donors (Lipinski definition) is 2. The summed E-state index contributed by atoms with van der Waals surface area (Å²) in [5, 5.41) is 10.7. The van der Waals surface area contributed by atoms with Gasteiger partial charge in [-0.1, -0.05) is 25.7 Å². The van der Waals surface area contributed by atoms with Crippen molar-refractivity contribution in [2.75, 3.05) is 7.05 Å². The fourth-order valence-corrected chi connectivity index (χ4v) is 1.86. The van der Waals surface area contributed by atoms with Gasteiger partial charge in [-0.2, -0.15) is 0 Å². The van der Waals surface area contributed by atoms with E-state index in [9.17, 15) is 0 Å². The third-order valence-corrected chi connectivity index (χ3v) is 2.65. The fraction of sp³-hybridized carbons (Fsp3) is 0.909. The Labute approximate surface area is 86.9 Å². The molecule has 0 spiro atoms. The standard InChI is InChI=1S/C9H19N.C2H4O2/c1-8(10-2)7-9-5-3-4-6-9;1-2(3)4/h8-10H,3-7H2,1-2H3;1H3,(H,3,4). The highest BCUT2D eigenvalue weighted by atomic mass is 16.4. The number of carboxylic acid groups (broad SMARTS) is 1. The Balaban J connectivity index is 0.000000364. The summed E-state index contributed by atoms with van der Waals surface area (Å²) in [6.07, 6.45) is 7.29. The molecule has 0 radical (unpaired) electrons. The second kappa shape index (κ2) is 7.80. The van der Waals surface area contributed by atoms with Gasteiger partial charge in [-0.25, -0.2) is 0 Å². The molecule has 1 aliphatic rings. The Kier molecular flexibility index (Phi) is 7.48. The van der Waals surface area contributed by atoms with Crippen molar-refractivity contribution >= 4 is 5.97 Å². The van der Waals surface area contributed by atoms with Crippen molar-refractivity contribution in [3.8, 4) is 0 Å². The molecule has 0 amide bonds. The van der Waals surface area contributed by atoms with Gasteiger partial charge in [0.25, 0.3) is 5.97 Å². The van der Waals surface area contributed by atoms with E-state index in [-0.39, 0.29) is 0 Å². The predicted molar refractivity (Wildman–Crippen MR) is 58.4 cm³/mol. The van der Waals surface area contributed by atoms with Crippen LogP contribution in [0.5, 0.6) is 0 Å². The molecule has 2 N–H and O–H groups in total. The molecular formula is C11H23NO2. The van der Waals surface area contributed by atoms with Gasteiger partial charge in [-0.3, -0.25) is 4.79 Å². The Morgan fingerprint density at radius 3 is 2.29 bits per heavy atom. The van der Waals surface area contributed by atoms with E-state index in [0.29, 0.717) is 0 Å². The molecule has 84 valence electrons. The summed E-state index contributed by atoms with van der Waals surface area (Å²) in [5.41, 5.74) is 0. The third kappa shape index (κ3) is 8.05. The highest BCUT2D eigenvalue weighted by molar-refractivity contribution is 5.62. The summed E-state index contributed by atoms with van der Waals surface area (Å²) in [6, 6.07) is 0.725. The third-order valence-electron chi connectivity index (χ3n) is 2.65. The Hall–Kier alpha value is -0.570. The number of aliphatic carboxylic acids is 1. The monoisotopic (exact) mass is 201 g/mol. The van der Waals surface area contributed by atoms with Crippen molar-refractivity contribution in [1.82, 2.24) is 5.32 Å². The lowest BCUT2D eigenvalue weighted by atomic mass is 10.00. The molecule has 14 heavy (non-hydrogen) atoms. The molecule has 1 fully saturated rings. The zero-order valence-electron chi connectivity index (χ0n) is 9.55. The first-order chi connectivity index (χ1) is 6.56. The zero-order chi connectivity index (χ0) is 11.0. The van der Waals surface area contributed by atoms with E-state index in [1.165, 1.54) is 32.1 Å². The van der Waals surface area contributed by atoms with Gasteiger partial charge in [0.1, 0.15) is 0 Å². The smallest absolute Gasteiger partial charge is 0.300 e. The molecule has 3 heteroatoms. The molecule has 3 nitrogen and oxygen atoms in total. The van der Waals surface area contributed by atoms with E-state index < -0.39 is 5.97 Å². The quantitative estimate of drug-likeness (QED) is 0.736. The molecule has 1 atom stereocenters. The Bertz CT molecular complexity index is 149. The number of rotatable bonds is 3. The first kappa shape index (κ1) is 13.4. The minimum atomic E-state index is -0.833. The van der Waals surface area contributed by atoms with Crippen LogP contribution in [0, 0.1) is 5.92 Å². The predicted octanol–water partition coefficient (Wildman–Crippen LogP) is 2.27. The highest BCUT2D eigenvalue weighted by Gasteiger charge is 2.16. The Morgan fingerprint density at radius 1 is 1.50 bits per heavy atom. The molecule has 1 aliphatic carbocycles. The van der Waals surface area contributed by atoms with E-state index in [2.05, 4.69) is 19.3 Å². The van der Waals surface area contributed by atoms with Gasteiger partial charge < -0.3 is 10.4 Å². The summed E-state index contributed by atoms with van der Waals surface area (Å²) in [4.78, 5) is 9.00. The van der Waals surface area contributed by atoms with E-state index in [1.807, 2.05) is 0 Å². The minimum Gasteiger partial charge on any atom is -0.481 e. The number of nitrogens with one attached hydrogen (secondary N) is 1. The topological polar surface area (TPSA) is 49.3 Å². The maximum atomic E-state index is 9.00. The SMILES string of the molecule is CC(=O)O.CNC(C)CC1CCCC1. The van der Waals surface area contributed by atoms with Crippen LogP contribution in [0.3, 0.4) is 0 Å². The molecular weight excluding hydrogens is 178 g/mol. The number of carbonyl (C=O) groups is 1. The highest BCUT2D eigenvalue weighted by Crippen LogP contribution is 2.28. The van der Waals surface area contributed by atoms with Crippen LogP contribution >= 0.6 is 0 Å². The van der Waals surface area contributed by atoms with Crippen molar-refractivity contribution in [2.45, 2.75) is 52.0 Å². The van der Waals surface area contributed by atoms with Crippen LogP contribution in [0.25, 0.3) is 0 Å². The van der Waals surface area contributed by atoms with Crippen molar-refractivity contribution < 1.29 is 9.90 Å². The van der Waals surface area contributed by atoms with Crippen molar-refractivity contribution in [3.05, 3.63) is 0 Å². The first-order valence-electron chi connectivity index (χ1n) is 5.43. The largest absolute Gasteiger partial charge is 0.481 e. The normalized spacial score (nSPS) is 18.5. The molecule has 0 aromatic heterocycles. The van der Waals surface area contributed by atoms with E-state index in [4.69, 9.17) is 9.90 Å². The van der Waals surface area contributed by atoms with Gasteiger partial charge in [-0.15, -0.1) is 0 Å². The van der Waals surface area contributed by atoms with Crippen LogP contribution in [-0.4, -0.2) is 24.2 Å². The average Bonchev–Trinajstić information content (AvgIpc) is 2.55. The molecule has 1 saturated carbocycles. The Morgan fingerprint density at radius 2 is 1.93 bits per heavy atom. The lowest BCUT2D eigenvalue weighted by Crippen LogP contribution is -2.23. The summed E-state index contributed by atoms with van der Waals surface area (Å²) in [7, 11) is 2.06. The molecule has 0 aliphatic heterocycles. The van der Waals surface area contributed by atoms with Crippen LogP contribution in [-0.2, 0) is 4.79 Å².